The lowest BCUT2D eigenvalue weighted by molar-refractivity contribution is -0.138. The summed E-state index contributed by atoms with van der Waals surface area (Å²) in [4.78, 5) is 21.1. The highest BCUT2D eigenvalue weighted by molar-refractivity contribution is 5.97. The fraction of sp³-hybridized carbons (Fsp3) is 0.111. The zero-order valence-corrected chi connectivity index (χ0v) is 14.8. The van der Waals surface area contributed by atoms with Crippen LogP contribution in [0.2, 0.25) is 0 Å². The maximum atomic E-state index is 12.4. The fourth-order valence-electron chi connectivity index (χ4n) is 1.92. The number of carboxylic acid groups (broad SMARTS) is 2. The van der Waals surface area contributed by atoms with Crippen molar-refractivity contribution in [3.63, 3.8) is 0 Å². The summed E-state index contributed by atoms with van der Waals surface area (Å²) in [6.07, 6.45) is -8.52. The quantitative estimate of drug-likeness (QED) is 0.320. The van der Waals surface area contributed by atoms with Gasteiger partial charge in [0.25, 0.3) is 0 Å². The molecule has 6 nitrogen and oxygen atoms in total. The van der Waals surface area contributed by atoms with E-state index in [1.807, 2.05) is 0 Å². The van der Waals surface area contributed by atoms with Crippen molar-refractivity contribution in [2.75, 3.05) is 11.1 Å². The number of hydrogen-bond acceptors (Lipinski definition) is 4. The summed E-state index contributed by atoms with van der Waals surface area (Å²) in [7, 11) is 0. The topological polar surface area (TPSA) is 113 Å². The van der Waals surface area contributed by atoms with Crippen LogP contribution < -0.4 is 11.1 Å². The Morgan fingerprint density at radius 2 is 1.37 bits per heavy atom. The van der Waals surface area contributed by atoms with Crippen molar-refractivity contribution < 1.29 is 46.1 Å². The third-order valence-corrected chi connectivity index (χ3v) is 3.18. The van der Waals surface area contributed by atoms with E-state index in [1.54, 1.807) is 0 Å². The predicted octanol–water partition coefficient (Wildman–Crippen LogP) is 4.46. The normalized spacial score (nSPS) is 11.9. The average molecular weight is 436 g/mol. The molecule has 0 aliphatic rings. The number of anilines is 2. The number of benzene rings is 2. The second-order valence-corrected chi connectivity index (χ2v) is 5.53. The molecule has 0 saturated heterocycles. The number of rotatable bonds is 4. The Bertz CT molecular complexity index is 939. The van der Waals surface area contributed by atoms with Gasteiger partial charge in [0.2, 0.25) is 0 Å². The van der Waals surface area contributed by atoms with Crippen LogP contribution in [0.4, 0.5) is 37.7 Å². The number of aliphatic carboxylic acids is 2. The molecule has 2 rings (SSSR count). The number of halogens is 6. The van der Waals surface area contributed by atoms with E-state index >= 15 is 0 Å². The zero-order valence-electron chi connectivity index (χ0n) is 14.8. The van der Waals surface area contributed by atoms with Crippen LogP contribution in [0.3, 0.4) is 0 Å². The van der Waals surface area contributed by atoms with Gasteiger partial charge in [0, 0.05) is 11.4 Å². The predicted molar refractivity (Wildman–Crippen MR) is 94.3 cm³/mol. The van der Waals surface area contributed by atoms with E-state index < -0.39 is 41.1 Å². The minimum absolute atomic E-state index is 0.125. The van der Waals surface area contributed by atoms with Crippen molar-refractivity contribution in [3.05, 3.63) is 71.4 Å². The van der Waals surface area contributed by atoms with Crippen LogP contribution in [0.15, 0.2) is 60.3 Å². The van der Waals surface area contributed by atoms with Crippen LogP contribution in [0.5, 0.6) is 0 Å². The van der Waals surface area contributed by atoms with Crippen LogP contribution >= 0.6 is 0 Å². The zero-order chi connectivity index (χ0) is 23.1. The summed E-state index contributed by atoms with van der Waals surface area (Å²) < 4.78 is 73.0. The van der Waals surface area contributed by atoms with Gasteiger partial charge in [-0.3, -0.25) is 0 Å². The van der Waals surface area contributed by atoms with Gasteiger partial charge in [-0.15, -0.1) is 0 Å². The van der Waals surface area contributed by atoms with Crippen LogP contribution in [0, 0.1) is 0 Å². The molecule has 2 aromatic carbocycles. The van der Waals surface area contributed by atoms with E-state index in [2.05, 4.69) is 5.32 Å². The minimum Gasteiger partial charge on any atom is -0.478 e. The van der Waals surface area contributed by atoms with Gasteiger partial charge in [-0.1, -0.05) is 12.1 Å². The van der Waals surface area contributed by atoms with Crippen molar-refractivity contribution in [2.45, 2.75) is 12.4 Å². The molecule has 12 heteroatoms. The Kier molecular flexibility index (Phi) is 7.85. The number of nitrogens with one attached hydrogen (secondary N) is 1. The van der Waals surface area contributed by atoms with E-state index in [1.165, 1.54) is 18.2 Å². The number of carbonyl (C=O) groups is 2. The summed E-state index contributed by atoms with van der Waals surface area (Å²) in [5, 5.41) is 19.2. The molecule has 0 aliphatic heterocycles. The monoisotopic (exact) mass is 436 g/mol. The van der Waals surface area contributed by atoms with Crippen LogP contribution in [-0.4, -0.2) is 22.2 Å². The summed E-state index contributed by atoms with van der Waals surface area (Å²) in [5.41, 5.74) is 2.68. The molecule has 0 atom stereocenters. The average Bonchev–Trinajstić information content (AvgIpc) is 2.60. The van der Waals surface area contributed by atoms with Crippen LogP contribution in [0.25, 0.3) is 0 Å². The van der Waals surface area contributed by atoms with Gasteiger partial charge in [0.15, 0.2) is 0 Å². The molecular weight excluding hydrogens is 422 g/mol. The Morgan fingerprint density at radius 3 is 1.77 bits per heavy atom. The molecule has 0 unspecified atom stereocenters. The molecule has 30 heavy (non-hydrogen) atoms. The lowest BCUT2D eigenvalue weighted by atomic mass is 10.2. The Balaban J connectivity index is 0.000000346. The maximum Gasteiger partial charge on any atom is 0.416 e. The van der Waals surface area contributed by atoms with Gasteiger partial charge in [-0.05, 0) is 36.4 Å². The summed E-state index contributed by atoms with van der Waals surface area (Å²) in [5.74, 6) is -3.13. The first-order valence-electron chi connectivity index (χ1n) is 7.75. The largest absolute Gasteiger partial charge is 0.478 e. The smallest absolute Gasteiger partial charge is 0.416 e. The highest BCUT2D eigenvalue weighted by Crippen LogP contribution is 2.31. The second kappa shape index (κ2) is 9.67. The van der Waals surface area contributed by atoms with Gasteiger partial charge < -0.3 is 21.3 Å². The number of nitrogen functional groups attached to an aromatic ring is 1. The van der Waals surface area contributed by atoms with Gasteiger partial charge in [0.1, 0.15) is 5.70 Å². The first kappa shape index (κ1) is 24.3. The number of carboxylic acids is 2. The molecule has 5 N–H and O–H groups in total. The highest BCUT2D eigenvalue weighted by Gasteiger charge is 2.31. The third kappa shape index (κ3) is 8.12. The van der Waals surface area contributed by atoms with E-state index in [9.17, 15) is 35.9 Å². The molecule has 162 valence electrons. The molecule has 2 aromatic rings. The van der Waals surface area contributed by atoms with Crippen LogP contribution in [0.1, 0.15) is 11.1 Å². The lowest BCUT2D eigenvalue weighted by Gasteiger charge is -2.10. The minimum atomic E-state index is -4.57. The van der Waals surface area contributed by atoms with Gasteiger partial charge in [-0.2, -0.15) is 26.3 Å². The third-order valence-electron chi connectivity index (χ3n) is 3.18. The number of alkyl halides is 6. The van der Waals surface area contributed by atoms with E-state index in [-0.39, 0.29) is 11.4 Å². The van der Waals surface area contributed by atoms with Crippen LogP contribution in [-0.2, 0) is 21.9 Å². The standard InChI is InChI=1S/C11H8F3NO4.C7H6F3N/c12-11(13,14)6-2-1-3-7(4-6)15-8(10(18)19)5-9(16)17;8-7(9,10)5-2-1-3-6(11)4-5/h1-5,15H,(H,16,17)(H,18,19);1-4H,11H2/b8-5+;. The van der Waals surface area contributed by atoms with Gasteiger partial charge in [-0.25, -0.2) is 9.59 Å². The molecule has 0 saturated carbocycles. The molecule has 0 heterocycles. The number of nitrogens with two attached hydrogens (primary N) is 1. The van der Waals surface area contributed by atoms with E-state index in [4.69, 9.17) is 15.9 Å². The molecule has 0 spiro atoms. The first-order valence-corrected chi connectivity index (χ1v) is 7.75. The molecule has 0 aliphatic carbocycles. The lowest BCUT2D eigenvalue weighted by Crippen LogP contribution is -2.13. The Labute approximate surface area is 165 Å². The fourth-order valence-corrected chi connectivity index (χ4v) is 1.92. The Hall–Kier alpha value is -3.70. The van der Waals surface area contributed by atoms with Crippen molar-refractivity contribution in [1.29, 1.82) is 0 Å². The van der Waals surface area contributed by atoms with E-state index in [0.717, 1.165) is 24.3 Å². The van der Waals surface area contributed by atoms with Crippen molar-refractivity contribution in [3.8, 4) is 0 Å². The molecule has 0 radical (unpaired) electrons. The Morgan fingerprint density at radius 1 is 0.867 bits per heavy atom. The molecular formula is C18H14F6N2O4. The summed E-state index contributed by atoms with van der Waals surface area (Å²) >= 11 is 0. The van der Waals surface area contributed by atoms with Crippen molar-refractivity contribution in [2.24, 2.45) is 0 Å². The first-order chi connectivity index (χ1) is 13.7. The summed E-state index contributed by atoms with van der Waals surface area (Å²) in [6, 6.07) is 8.33. The molecule has 0 fully saturated rings. The SMILES string of the molecule is Nc1cccc(C(F)(F)F)c1.O=C(O)/C=C(/Nc1cccc(C(F)(F)F)c1)C(=O)O. The molecule has 0 aromatic heterocycles. The summed E-state index contributed by atoms with van der Waals surface area (Å²) in [6.45, 7) is 0. The van der Waals surface area contributed by atoms with Crippen molar-refractivity contribution in [1.82, 2.24) is 0 Å². The number of hydrogen-bond donors (Lipinski definition) is 4. The van der Waals surface area contributed by atoms with Crippen molar-refractivity contribution >= 4 is 23.3 Å². The molecule has 0 amide bonds. The second-order valence-electron chi connectivity index (χ2n) is 5.53. The molecule has 0 bridgehead atoms. The van der Waals surface area contributed by atoms with E-state index in [0.29, 0.717) is 12.1 Å². The van der Waals surface area contributed by atoms with Gasteiger partial charge in [0.05, 0.1) is 17.2 Å². The maximum absolute atomic E-state index is 12.4. The van der Waals surface area contributed by atoms with Gasteiger partial charge >= 0.3 is 24.3 Å². The highest BCUT2D eigenvalue weighted by atomic mass is 19.4.